The van der Waals surface area contributed by atoms with Crippen molar-refractivity contribution in [2.75, 3.05) is 0 Å². The Hall–Kier alpha value is -8.06. The van der Waals surface area contributed by atoms with Crippen LogP contribution in [-0.4, -0.2) is 14.1 Å². The van der Waals surface area contributed by atoms with E-state index in [0.29, 0.717) is 84.7 Å². The van der Waals surface area contributed by atoms with E-state index >= 15 is 0 Å². The molecule has 0 unspecified atom stereocenters. The number of halogens is 12. The predicted molar refractivity (Wildman–Crippen MR) is 234 cm³/mol. The van der Waals surface area contributed by atoms with E-state index in [4.69, 9.17) is 0 Å². The Labute approximate surface area is 376 Å². The molecular formula is C52H26F12N4. The first-order valence-electron chi connectivity index (χ1n) is 20.3. The number of hydrogen-bond donors (Lipinski definition) is 0. The van der Waals surface area contributed by atoms with Gasteiger partial charge in [0.1, 0.15) is 6.07 Å². The van der Waals surface area contributed by atoms with E-state index < -0.39 is 47.0 Å². The van der Waals surface area contributed by atoms with Crippen molar-refractivity contribution in [3.05, 3.63) is 186 Å². The van der Waals surface area contributed by atoms with Gasteiger partial charge in [-0.1, -0.05) is 60.7 Å². The molecule has 0 saturated heterocycles. The van der Waals surface area contributed by atoms with Gasteiger partial charge in [-0.2, -0.15) is 57.9 Å². The van der Waals surface area contributed by atoms with Crippen LogP contribution >= 0.6 is 0 Å². The number of aromatic nitrogens is 3. The number of nitrogens with zero attached hydrogens (tertiary/aromatic N) is 4. The minimum Gasteiger partial charge on any atom is -0.309 e. The number of alkyl halides is 12. The lowest BCUT2D eigenvalue weighted by Gasteiger charge is -2.19. The number of fused-ring (bicyclic) bond motifs is 6. The number of rotatable bonds is 5. The van der Waals surface area contributed by atoms with Crippen LogP contribution in [0, 0.1) is 11.3 Å². The van der Waals surface area contributed by atoms with E-state index in [1.165, 1.54) is 36.7 Å². The molecule has 0 radical (unpaired) electrons. The molecule has 4 nitrogen and oxygen atoms in total. The zero-order valence-electron chi connectivity index (χ0n) is 34.3. The standard InChI is InChI=1S/C52H26F12N4/c53-49(54,55)34-17-31(18-35(24-34)50(56,57)58)29-9-11-40-38-5-1-3-7-43(38)67(46(40)21-29)45-26-42(28-13-15-66-16-14-28)48(23-33(45)27-65)68-44-8-4-2-6-39(44)41-12-10-30(22-47(41)68)32-19-36(51(59,60)61)25-37(20-32)52(62,63)64/h1-26H. The van der Waals surface area contributed by atoms with Gasteiger partial charge in [0.05, 0.1) is 61.3 Å². The maximum Gasteiger partial charge on any atom is 0.416 e. The summed E-state index contributed by atoms with van der Waals surface area (Å²) in [6, 6.07) is 34.6. The lowest BCUT2D eigenvalue weighted by atomic mass is 9.97. The minimum absolute atomic E-state index is 0.0202. The Morgan fingerprint density at radius 1 is 0.368 bits per heavy atom. The first-order valence-corrected chi connectivity index (χ1v) is 20.3. The lowest BCUT2D eigenvalue weighted by Crippen LogP contribution is -2.11. The molecule has 10 aromatic rings. The van der Waals surface area contributed by atoms with Crippen molar-refractivity contribution in [1.82, 2.24) is 14.1 Å². The van der Waals surface area contributed by atoms with Gasteiger partial charge in [-0.15, -0.1) is 0 Å². The van der Waals surface area contributed by atoms with Crippen molar-refractivity contribution < 1.29 is 52.7 Å². The van der Waals surface area contributed by atoms with E-state index in [-0.39, 0.29) is 45.6 Å². The normalized spacial score (nSPS) is 12.7. The number of nitriles is 1. The fourth-order valence-electron chi connectivity index (χ4n) is 8.86. The second kappa shape index (κ2) is 15.5. The molecule has 0 aliphatic carbocycles. The highest BCUT2D eigenvalue weighted by molar-refractivity contribution is 6.12. The fraction of sp³-hybridized carbons (Fsp3) is 0.0769. The van der Waals surface area contributed by atoms with E-state index in [9.17, 15) is 57.9 Å². The maximum atomic E-state index is 14.0. The largest absolute Gasteiger partial charge is 0.416 e. The van der Waals surface area contributed by atoms with Crippen LogP contribution < -0.4 is 0 Å². The van der Waals surface area contributed by atoms with Gasteiger partial charge >= 0.3 is 24.7 Å². The number of para-hydroxylation sites is 2. The average Bonchev–Trinajstić information content (AvgIpc) is 3.82. The fourth-order valence-corrected chi connectivity index (χ4v) is 8.86. The summed E-state index contributed by atoms with van der Waals surface area (Å²) in [7, 11) is 0. The van der Waals surface area contributed by atoms with Gasteiger partial charge in [0.25, 0.3) is 0 Å². The number of pyridine rings is 1. The summed E-state index contributed by atoms with van der Waals surface area (Å²) in [5.41, 5.74) is -3.15. The van der Waals surface area contributed by atoms with E-state index in [1.807, 2.05) is 0 Å². The molecule has 0 saturated carbocycles. The van der Waals surface area contributed by atoms with E-state index in [0.717, 1.165) is 0 Å². The molecule has 3 heterocycles. The zero-order valence-corrected chi connectivity index (χ0v) is 34.3. The summed E-state index contributed by atoms with van der Waals surface area (Å²) in [6.07, 6.45) is -17.4. The van der Waals surface area contributed by atoms with Crippen LogP contribution in [0.15, 0.2) is 158 Å². The molecule has 3 aromatic heterocycles. The predicted octanol–water partition coefficient (Wildman–Crippen LogP) is 16.2. The van der Waals surface area contributed by atoms with Crippen LogP contribution in [-0.2, 0) is 24.7 Å². The smallest absolute Gasteiger partial charge is 0.309 e. The molecule has 0 amide bonds. The molecule has 16 heteroatoms. The van der Waals surface area contributed by atoms with Crippen LogP contribution in [0.3, 0.4) is 0 Å². The monoisotopic (exact) mass is 934 g/mol. The summed E-state index contributed by atoms with van der Waals surface area (Å²) in [5, 5.41) is 13.5. The first kappa shape index (κ1) is 43.8. The highest BCUT2D eigenvalue weighted by atomic mass is 19.4. The van der Waals surface area contributed by atoms with Crippen molar-refractivity contribution in [3.8, 4) is 50.8 Å². The van der Waals surface area contributed by atoms with Crippen LogP contribution in [0.4, 0.5) is 52.7 Å². The Bertz CT molecular complexity index is 3630. The van der Waals surface area contributed by atoms with E-state index in [1.54, 1.807) is 94.1 Å². The quantitative estimate of drug-likeness (QED) is 0.161. The van der Waals surface area contributed by atoms with Crippen molar-refractivity contribution in [1.29, 1.82) is 5.26 Å². The van der Waals surface area contributed by atoms with Gasteiger partial charge in [0.15, 0.2) is 0 Å². The second-order valence-electron chi connectivity index (χ2n) is 16.0. The molecule has 0 aliphatic heterocycles. The molecule has 0 N–H and O–H groups in total. The van der Waals surface area contributed by atoms with Crippen LogP contribution in [0.5, 0.6) is 0 Å². The van der Waals surface area contributed by atoms with Crippen molar-refractivity contribution in [3.63, 3.8) is 0 Å². The molecular weight excluding hydrogens is 909 g/mol. The lowest BCUT2D eigenvalue weighted by molar-refractivity contribution is -0.144. The van der Waals surface area contributed by atoms with Crippen LogP contribution in [0.1, 0.15) is 27.8 Å². The molecule has 0 spiro atoms. The van der Waals surface area contributed by atoms with Crippen molar-refractivity contribution in [2.24, 2.45) is 0 Å². The third-order valence-corrected chi connectivity index (χ3v) is 11.9. The zero-order chi connectivity index (χ0) is 48.1. The van der Waals surface area contributed by atoms with Gasteiger partial charge in [0.2, 0.25) is 0 Å². The number of hydrogen-bond acceptors (Lipinski definition) is 2. The Morgan fingerprint density at radius 3 is 1.18 bits per heavy atom. The van der Waals surface area contributed by atoms with E-state index in [2.05, 4.69) is 11.1 Å². The molecule has 338 valence electrons. The highest BCUT2D eigenvalue weighted by Gasteiger charge is 2.38. The Morgan fingerprint density at radius 2 is 0.765 bits per heavy atom. The van der Waals surface area contributed by atoms with Crippen molar-refractivity contribution in [2.45, 2.75) is 24.7 Å². The van der Waals surface area contributed by atoms with Gasteiger partial charge in [-0.25, -0.2) is 0 Å². The van der Waals surface area contributed by atoms with Gasteiger partial charge in [-0.3, -0.25) is 4.98 Å². The molecule has 10 rings (SSSR count). The average molecular weight is 935 g/mol. The summed E-state index contributed by atoms with van der Waals surface area (Å²) >= 11 is 0. The van der Waals surface area contributed by atoms with Crippen LogP contribution in [0.25, 0.3) is 88.4 Å². The molecule has 0 aliphatic rings. The second-order valence-corrected chi connectivity index (χ2v) is 16.0. The summed E-state index contributed by atoms with van der Waals surface area (Å²) in [4.78, 5) is 4.16. The summed E-state index contributed by atoms with van der Waals surface area (Å²) in [5.74, 6) is 0. The van der Waals surface area contributed by atoms with Gasteiger partial charge in [0, 0.05) is 39.5 Å². The third-order valence-electron chi connectivity index (χ3n) is 11.9. The molecule has 7 aromatic carbocycles. The van der Waals surface area contributed by atoms with Gasteiger partial charge < -0.3 is 9.13 Å². The summed E-state index contributed by atoms with van der Waals surface area (Å²) < 4.78 is 172. The Kier molecular flexibility index (Phi) is 9.99. The summed E-state index contributed by atoms with van der Waals surface area (Å²) in [6.45, 7) is 0. The maximum absolute atomic E-state index is 14.0. The topological polar surface area (TPSA) is 46.5 Å². The molecule has 68 heavy (non-hydrogen) atoms. The minimum atomic E-state index is -5.10. The Balaban J connectivity index is 1.26. The van der Waals surface area contributed by atoms with Crippen molar-refractivity contribution >= 4 is 43.6 Å². The number of benzene rings is 7. The highest BCUT2D eigenvalue weighted by Crippen LogP contribution is 2.45. The molecule has 0 bridgehead atoms. The molecule has 0 fully saturated rings. The van der Waals surface area contributed by atoms with Crippen LogP contribution in [0.2, 0.25) is 0 Å². The van der Waals surface area contributed by atoms with Gasteiger partial charge in [-0.05, 0) is 113 Å². The first-order chi connectivity index (χ1) is 32.2. The SMILES string of the molecule is N#Cc1cc(-n2c3ccccc3c3ccc(-c4cc(C(F)(F)F)cc(C(F)(F)F)c4)cc32)c(-c2ccncc2)cc1-n1c2ccccc2c2ccc(-c3cc(C(F)(F)F)cc(C(F)(F)F)c3)cc21. The molecule has 0 atom stereocenters. The third kappa shape index (κ3) is 7.53.